The molecule has 3 heteroatoms. The lowest BCUT2D eigenvalue weighted by molar-refractivity contribution is 0.0783. The zero-order valence-electron chi connectivity index (χ0n) is 8.88. The molecule has 3 nitrogen and oxygen atoms in total. The molecule has 0 aliphatic carbocycles. The van der Waals surface area contributed by atoms with Gasteiger partial charge in [-0.3, -0.25) is 4.79 Å². The molecular formula is C12H15NO2. The SMILES string of the molecule is CCOCC(=O)c1ccc2c(c1)NCC2. The fraction of sp³-hybridized carbons (Fsp3) is 0.417. The van der Waals surface area contributed by atoms with Crippen LogP contribution in [0.25, 0.3) is 0 Å². The van der Waals surface area contributed by atoms with E-state index in [0.29, 0.717) is 6.61 Å². The predicted octanol–water partition coefficient (Wildman–Crippen LogP) is 1.87. The Hall–Kier alpha value is -1.35. The number of hydrogen-bond donors (Lipinski definition) is 1. The number of carbonyl (C=O) groups is 1. The number of fused-ring (bicyclic) bond motifs is 1. The van der Waals surface area contributed by atoms with Gasteiger partial charge in [0.15, 0.2) is 5.78 Å². The summed E-state index contributed by atoms with van der Waals surface area (Å²) in [5, 5.41) is 3.26. The molecule has 1 heterocycles. The average molecular weight is 205 g/mol. The first-order valence-corrected chi connectivity index (χ1v) is 5.29. The highest BCUT2D eigenvalue weighted by atomic mass is 16.5. The standard InChI is InChI=1S/C12H15NO2/c1-2-15-8-12(14)10-4-3-9-5-6-13-11(9)7-10/h3-4,7,13H,2,5-6,8H2,1H3. The number of rotatable bonds is 4. The van der Waals surface area contributed by atoms with Crippen molar-refractivity contribution in [2.45, 2.75) is 13.3 Å². The van der Waals surface area contributed by atoms with Gasteiger partial charge in [-0.05, 0) is 25.0 Å². The second-order valence-electron chi connectivity index (χ2n) is 3.61. The molecule has 0 saturated carbocycles. The van der Waals surface area contributed by atoms with Crippen molar-refractivity contribution in [2.24, 2.45) is 0 Å². The molecule has 0 radical (unpaired) electrons. The Morgan fingerprint density at radius 2 is 2.40 bits per heavy atom. The van der Waals surface area contributed by atoms with E-state index in [-0.39, 0.29) is 12.4 Å². The minimum atomic E-state index is 0.0494. The van der Waals surface area contributed by atoms with E-state index < -0.39 is 0 Å². The van der Waals surface area contributed by atoms with Crippen LogP contribution in [-0.4, -0.2) is 25.5 Å². The zero-order valence-corrected chi connectivity index (χ0v) is 8.88. The molecule has 1 aliphatic rings. The van der Waals surface area contributed by atoms with Crippen LogP contribution in [0.2, 0.25) is 0 Å². The van der Waals surface area contributed by atoms with Crippen molar-refractivity contribution in [1.29, 1.82) is 0 Å². The lowest BCUT2D eigenvalue weighted by Crippen LogP contribution is -2.09. The Labute approximate surface area is 89.4 Å². The van der Waals surface area contributed by atoms with Gasteiger partial charge in [-0.15, -0.1) is 0 Å². The third-order valence-electron chi connectivity index (χ3n) is 2.58. The van der Waals surface area contributed by atoms with E-state index in [2.05, 4.69) is 5.32 Å². The summed E-state index contributed by atoms with van der Waals surface area (Å²) in [6, 6.07) is 5.82. The molecule has 0 fully saturated rings. The van der Waals surface area contributed by atoms with Crippen molar-refractivity contribution >= 4 is 11.5 Å². The third-order valence-corrected chi connectivity index (χ3v) is 2.58. The van der Waals surface area contributed by atoms with Gasteiger partial charge in [0.05, 0.1) is 0 Å². The molecular weight excluding hydrogens is 190 g/mol. The monoisotopic (exact) mass is 205 g/mol. The fourth-order valence-corrected chi connectivity index (χ4v) is 1.74. The van der Waals surface area contributed by atoms with Crippen molar-refractivity contribution in [3.8, 4) is 0 Å². The number of nitrogens with one attached hydrogen (secondary N) is 1. The van der Waals surface area contributed by atoms with E-state index in [1.807, 2.05) is 25.1 Å². The molecule has 0 saturated heterocycles. The molecule has 0 unspecified atom stereocenters. The maximum absolute atomic E-state index is 11.7. The molecule has 0 spiro atoms. The Morgan fingerprint density at radius 1 is 1.53 bits per heavy atom. The van der Waals surface area contributed by atoms with Gasteiger partial charge in [0.2, 0.25) is 0 Å². The quantitative estimate of drug-likeness (QED) is 0.763. The van der Waals surface area contributed by atoms with E-state index in [0.717, 1.165) is 24.2 Å². The predicted molar refractivity (Wildman–Crippen MR) is 59.5 cm³/mol. The Kier molecular flexibility index (Phi) is 3.02. The topological polar surface area (TPSA) is 38.3 Å². The highest BCUT2D eigenvalue weighted by molar-refractivity contribution is 5.98. The number of benzene rings is 1. The van der Waals surface area contributed by atoms with Gasteiger partial charge in [0, 0.05) is 24.4 Å². The summed E-state index contributed by atoms with van der Waals surface area (Å²) < 4.78 is 5.10. The lowest BCUT2D eigenvalue weighted by Gasteiger charge is -2.04. The third kappa shape index (κ3) is 2.18. The van der Waals surface area contributed by atoms with Crippen LogP contribution in [0.3, 0.4) is 0 Å². The second-order valence-corrected chi connectivity index (χ2v) is 3.61. The molecule has 1 aromatic carbocycles. The minimum Gasteiger partial charge on any atom is -0.384 e. The Bertz CT molecular complexity index is 374. The van der Waals surface area contributed by atoms with Gasteiger partial charge >= 0.3 is 0 Å². The van der Waals surface area contributed by atoms with Crippen LogP contribution in [0.15, 0.2) is 18.2 Å². The second kappa shape index (κ2) is 4.45. The van der Waals surface area contributed by atoms with Crippen LogP contribution in [0.5, 0.6) is 0 Å². The number of ketones is 1. The largest absolute Gasteiger partial charge is 0.384 e. The summed E-state index contributed by atoms with van der Waals surface area (Å²) in [5.74, 6) is 0.0494. The van der Waals surface area contributed by atoms with Crippen molar-refractivity contribution in [2.75, 3.05) is 25.1 Å². The van der Waals surface area contributed by atoms with E-state index in [9.17, 15) is 4.79 Å². The molecule has 1 N–H and O–H groups in total. The Morgan fingerprint density at radius 3 is 3.20 bits per heavy atom. The van der Waals surface area contributed by atoms with E-state index in [1.165, 1.54) is 5.56 Å². The first-order valence-electron chi connectivity index (χ1n) is 5.29. The molecule has 0 atom stereocenters. The normalized spacial score (nSPS) is 13.4. The molecule has 0 aromatic heterocycles. The van der Waals surface area contributed by atoms with Crippen LogP contribution < -0.4 is 5.32 Å². The number of Topliss-reactive ketones (excluding diaryl/α,β-unsaturated/α-hetero) is 1. The molecule has 1 aliphatic heterocycles. The average Bonchev–Trinajstić information content (AvgIpc) is 2.72. The van der Waals surface area contributed by atoms with Gasteiger partial charge in [-0.2, -0.15) is 0 Å². The molecule has 15 heavy (non-hydrogen) atoms. The highest BCUT2D eigenvalue weighted by Gasteiger charge is 2.13. The van der Waals surface area contributed by atoms with Crippen molar-refractivity contribution in [3.63, 3.8) is 0 Å². The van der Waals surface area contributed by atoms with E-state index in [1.54, 1.807) is 0 Å². The van der Waals surface area contributed by atoms with Crippen LogP contribution >= 0.6 is 0 Å². The van der Waals surface area contributed by atoms with Crippen molar-refractivity contribution in [1.82, 2.24) is 0 Å². The molecule has 80 valence electrons. The van der Waals surface area contributed by atoms with Gasteiger partial charge in [0.25, 0.3) is 0 Å². The summed E-state index contributed by atoms with van der Waals surface area (Å²) in [6.07, 6.45) is 1.05. The number of hydrogen-bond acceptors (Lipinski definition) is 3. The zero-order chi connectivity index (χ0) is 10.7. The summed E-state index contributed by atoms with van der Waals surface area (Å²) in [4.78, 5) is 11.7. The van der Waals surface area contributed by atoms with E-state index in [4.69, 9.17) is 4.74 Å². The summed E-state index contributed by atoms with van der Waals surface area (Å²) in [5.41, 5.74) is 3.12. The van der Waals surface area contributed by atoms with Crippen LogP contribution in [-0.2, 0) is 11.2 Å². The summed E-state index contributed by atoms with van der Waals surface area (Å²) in [7, 11) is 0. The van der Waals surface area contributed by atoms with Crippen LogP contribution in [0.4, 0.5) is 5.69 Å². The molecule has 0 amide bonds. The first-order chi connectivity index (χ1) is 7.31. The van der Waals surface area contributed by atoms with Crippen LogP contribution in [0.1, 0.15) is 22.8 Å². The lowest BCUT2D eigenvalue weighted by atomic mass is 10.1. The molecule has 2 rings (SSSR count). The first kappa shape index (κ1) is 10.2. The summed E-state index contributed by atoms with van der Waals surface area (Å²) >= 11 is 0. The summed E-state index contributed by atoms with van der Waals surface area (Å²) in [6.45, 7) is 3.61. The van der Waals surface area contributed by atoms with Crippen molar-refractivity contribution < 1.29 is 9.53 Å². The maximum atomic E-state index is 11.7. The maximum Gasteiger partial charge on any atom is 0.188 e. The number of carbonyl (C=O) groups excluding carboxylic acids is 1. The van der Waals surface area contributed by atoms with Crippen molar-refractivity contribution in [3.05, 3.63) is 29.3 Å². The van der Waals surface area contributed by atoms with Gasteiger partial charge in [0.1, 0.15) is 6.61 Å². The molecule has 1 aromatic rings. The van der Waals surface area contributed by atoms with E-state index >= 15 is 0 Å². The Balaban J connectivity index is 2.12. The number of ether oxygens (including phenoxy) is 1. The van der Waals surface area contributed by atoms with Gasteiger partial charge in [-0.1, -0.05) is 12.1 Å². The molecule has 0 bridgehead atoms. The minimum absolute atomic E-state index is 0.0494. The smallest absolute Gasteiger partial charge is 0.188 e. The van der Waals surface area contributed by atoms with Crippen LogP contribution in [0, 0.1) is 0 Å². The number of anilines is 1. The fourth-order valence-electron chi connectivity index (χ4n) is 1.74. The highest BCUT2D eigenvalue weighted by Crippen LogP contribution is 2.23. The van der Waals surface area contributed by atoms with Gasteiger partial charge in [-0.25, -0.2) is 0 Å². The van der Waals surface area contributed by atoms with Gasteiger partial charge < -0.3 is 10.1 Å².